The molecule has 0 aromatic rings. The maximum absolute atomic E-state index is 11.8. The third kappa shape index (κ3) is 2.14. The number of halogens is 2. The first-order valence-corrected chi connectivity index (χ1v) is 3.46. The van der Waals surface area contributed by atoms with E-state index < -0.39 is 24.9 Å². The molecule has 0 saturated carbocycles. The predicted octanol–water partition coefficient (Wildman–Crippen LogP) is 0.193. The van der Waals surface area contributed by atoms with Gasteiger partial charge in [-0.15, -0.1) is 0 Å². The van der Waals surface area contributed by atoms with E-state index in [0.717, 1.165) is 4.90 Å². The SMILES string of the molecule is O=C1CCN(CC(F)F)C(=O)N1. The van der Waals surface area contributed by atoms with Crippen molar-refractivity contribution in [2.45, 2.75) is 12.8 Å². The number of carbonyl (C=O) groups is 2. The normalized spacial score (nSPS) is 18.4. The molecule has 0 aromatic carbocycles. The quantitative estimate of drug-likeness (QED) is 0.656. The van der Waals surface area contributed by atoms with Crippen LogP contribution in [0.25, 0.3) is 0 Å². The Hall–Kier alpha value is -1.20. The van der Waals surface area contributed by atoms with E-state index in [2.05, 4.69) is 0 Å². The highest BCUT2D eigenvalue weighted by molar-refractivity contribution is 5.96. The standard InChI is InChI=1S/C6H8F2N2O2/c7-4(8)3-10-2-1-5(11)9-6(10)12/h4H,1-3H2,(H,9,11,12). The number of nitrogens with one attached hydrogen (secondary N) is 1. The molecule has 12 heavy (non-hydrogen) atoms. The highest BCUT2D eigenvalue weighted by Crippen LogP contribution is 2.03. The van der Waals surface area contributed by atoms with Gasteiger partial charge in [0.25, 0.3) is 6.43 Å². The van der Waals surface area contributed by atoms with E-state index in [1.807, 2.05) is 5.32 Å². The molecule has 0 unspecified atom stereocenters. The molecular weight excluding hydrogens is 170 g/mol. The molecule has 1 aliphatic heterocycles. The fourth-order valence-electron chi connectivity index (χ4n) is 0.940. The van der Waals surface area contributed by atoms with Crippen LogP contribution < -0.4 is 5.32 Å². The fraction of sp³-hybridized carbons (Fsp3) is 0.667. The van der Waals surface area contributed by atoms with Gasteiger partial charge in [-0.3, -0.25) is 10.1 Å². The molecule has 0 bridgehead atoms. The average molecular weight is 178 g/mol. The minimum atomic E-state index is -2.55. The summed E-state index contributed by atoms with van der Waals surface area (Å²) in [5.74, 6) is -0.412. The van der Waals surface area contributed by atoms with Gasteiger partial charge in [0.2, 0.25) is 5.91 Å². The van der Waals surface area contributed by atoms with Crippen LogP contribution in [0.15, 0.2) is 0 Å². The van der Waals surface area contributed by atoms with E-state index in [9.17, 15) is 18.4 Å². The van der Waals surface area contributed by atoms with Crippen molar-refractivity contribution in [3.63, 3.8) is 0 Å². The second-order valence-corrected chi connectivity index (χ2v) is 2.44. The average Bonchev–Trinajstić information content (AvgIpc) is 1.94. The van der Waals surface area contributed by atoms with Gasteiger partial charge in [-0.05, 0) is 0 Å². The molecule has 1 saturated heterocycles. The second kappa shape index (κ2) is 3.46. The van der Waals surface area contributed by atoms with E-state index in [1.165, 1.54) is 0 Å². The van der Waals surface area contributed by atoms with Crippen LogP contribution in [0.1, 0.15) is 6.42 Å². The molecule has 1 rings (SSSR count). The highest BCUT2D eigenvalue weighted by Gasteiger charge is 2.24. The monoisotopic (exact) mass is 178 g/mol. The lowest BCUT2D eigenvalue weighted by Gasteiger charge is -2.25. The highest BCUT2D eigenvalue weighted by atomic mass is 19.3. The van der Waals surface area contributed by atoms with Gasteiger partial charge in [0.1, 0.15) is 0 Å². The van der Waals surface area contributed by atoms with Crippen molar-refractivity contribution in [1.29, 1.82) is 0 Å². The first-order valence-electron chi connectivity index (χ1n) is 3.46. The molecule has 0 aromatic heterocycles. The second-order valence-electron chi connectivity index (χ2n) is 2.44. The number of imide groups is 1. The van der Waals surface area contributed by atoms with Crippen molar-refractivity contribution in [3.05, 3.63) is 0 Å². The zero-order valence-corrected chi connectivity index (χ0v) is 6.22. The molecule has 0 radical (unpaired) electrons. The fourth-order valence-corrected chi connectivity index (χ4v) is 0.940. The van der Waals surface area contributed by atoms with Gasteiger partial charge in [-0.1, -0.05) is 0 Å². The lowest BCUT2D eigenvalue weighted by Crippen LogP contribution is -2.50. The van der Waals surface area contributed by atoms with Gasteiger partial charge in [-0.25, -0.2) is 13.6 Å². The summed E-state index contributed by atoms with van der Waals surface area (Å²) >= 11 is 0. The number of nitrogens with zero attached hydrogens (tertiary/aromatic N) is 1. The Bertz CT molecular complexity index is 208. The topological polar surface area (TPSA) is 49.4 Å². The number of hydrogen-bond donors (Lipinski definition) is 1. The van der Waals surface area contributed by atoms with Crippen LogP contribution in [0.4, 0.5) is 13.6 Å². The van der Waals surface area contributed by atoms with Gasteiger partial charge in [0.05, 0.1) is 6.54 Å². The third-order valence-electron chi connectivity index (χ3n) is 1.50. The summed E-state index contributed by atoms with van der Waals surface area (Å²) < 4.78 is 23.6. The molecule has 0 spiro atoms. The van der Waals surface area contributed by atoms with Crippen molar-refractivity contribution in [1.82, 2.24) is 10.2 Å². The van der Waals surface area contributed by atoms with E-state index in [1.54, 1.807) is 0 Å². The number of rotatable bonds is 2. The molecule has 1 aliphatic rings. The Kier molecular flexibility index (Phi) is 2.57. The van der Waals surface area contributed by atoms with Crippen molar-refractivity contribution in [2.75, 3.05) is 13.1 Å². The van der Waals surface area contributed by atoms with Crippen LogP contribution >= 0.6 is 0 Å². The van der Waals surface area contributed by atoms with E-state index >= 15 is 0 Å². The zero-order chi connectivity index (χ0) is 9.14. The van der Waals surface area contributed by atoms with E-state index in [4.69, 9.17) is 0 Å². The Balaban J connectivity index is 2.45. The molecule has 0 atom stereocenters. The predicted molar refractivity (Wildman–Crippen MR) is 35.7 cm³/mol. The first kappa shape index (κ1) is 8.89. The molecule has 3 amide bonds. The van der Waals surface area contributed by atoms with Crippen LogP contribution in [-0.2, 0) is 4.79 Å². The molecule has 0 aliphatic carbocycles. The Labute approximate surface area is 67.5 Å². The zero-order valence-electron chi connectivity index (χ0n) is 6.22. The summed E-state index contributed by atoms with van der Waals surface area (Å²) in [5, 5.41) is 1.95. The first-order chi connectivity index (χ1) is 5.59. The lowest BCUT2D eigenvalue weighted by atomic mass is 10.3. The summed E-state index contributed by atoms with van der Waals surface area (Å²) in [6.45, 7) is -0.534. The lowest BCUT2D eigenvalue weighted by molar-refractivity contribution is -0.121. The molecule has 6 heteroatoms. The van der Waals surface area contributed by atoms with Gasteiger partial charge < -0.3 is 4.90 Å². The Morgan fingerprint density at radius 3 is 2.67 bits per heavy atom. The number of amides is 3. The van der Waals surface area contributed by atoms with Gasteiger partial charge in [0.15, 0.2) is 0 Å². The Morgan fingerprint density at radius 2 is 2.17 bits per heavy atom. The Morgan fingerprint density at radius 1 is 1.50 bits per heavy atom. The molecule has 68 valence electrons. The van der Waals surface area contributed by atoms with Crippen molar-refractivity contribution in [3.8, 4) is 0 Å². The van der Waals surface area contributed by atoms with Crippen molar-refractivity contribution < 1.29 is 18.4 Å². The van der Waals surface area contributed by atoms with Crippen molar-refractivity contribution >= 4 is 11.9 Å². The van der Waals surface area contributed by atoms with E-state index in [0.29, 0.717) is 0 Å². The van der Waals surface area contributed by atoms with Crippen LogP contribution in [0, 0.1) is 0 Å². The number of carbonyl (C=O) groups excluding carboxylic acids is 2. The van der Waals surface area contributed by atoms with Crippen LogP contribution in [0.3, 0.4) is 0 Å². The maximum Gasteiger partial charge on any atom is 0.324 e. The van der Waals surface area contributed by atoms with Gasteiger partial charge in [0, 0.05) is 13.0 Å². The maximum atomic E-state index is 11.8. The third-order valence-corrected chi connectivity index (χ3v) is 1.50. The molecule has 1 N–H and O–H groups in total. The summed E-state index contributed by atoms with van der Waals surface area (Å²) in [6, 6.07) is -0.730. The number of alkyl halides is 2. The molecule has 1 heterocycles. The summed E-state index contributed by atoms with van der Waals surface area (Å²) in [4.78, 5) is 22.3. The van der Waals surface area contributed by atoms with Gasteiger partial charge in [-0.2, -0.15) is 0 Å². The number of urea groups is 1. The van der Waals surface area contributed by atoms with Crippen molar-refractivity contribution in [2.24, 2.45) is 0 Å². The van der Waals surface area contributed by atoms with Crippen LogP contribution in [-0.4, -0.2) is 36.4 Å². The molecule has 4 nitrogen and oxygen atoms in total. The number of hydrogen-bond acceptors (Lipinski definition) is 2. The minimum absolute atomic E-state index is 0.0784. The van der Waals surface area contributed by atoms with Gasteiger partial charge >= 0.3 is 6.03 Å². The summed E-state index contributed by atoms with van der Waals surface area (Å²) in [5.41, 5.74) is 0. The summed E-state index contributed by atoms with van der Waals surface area (Å²) in [7, 11) is 0. The minimum Gasteiger partial charge on any atom is -0.318 e. The molecule has 1 fully saturated rings. The smallest absolute Gasteiger partial charge is 0.318 e. The van der Waals surface area contributed by atoms with E-state index in [-0.39, 0.29) is 13.0 Å². The largest absolute Gasteiger partial charge is 0.324 e. The molecular formula is C6H8F2N2O2. The summed E-state index contributed by atoms with van der Waals surface area (Å²) in [6.07, 6.45) is -2.46. The van der Waals surface area contributed by atoms with Crippen LogP contribution in [0.2, 0.25) is 0 Å². The van der Waals surface area contributed by atoms with Crippen LogP contribution in [0.5, 0.6) is 0 Å².